The van der Waals surface area contributed by atoms with Gasteiger partial charge in [0.05, 0.1) is 28.7 Å². The van der Waals surface area contributed by atoms with Crippen LogP contribution in [-0.4, -0.2) is 20.6 Å². The Morgan fingerprint density at radius 3 is 2.52 bits per heavy atom. The molecule has 0 amide bonds. The first-order valence-electron chi connectivity index (χ1n) is 14.7. The third-order valence-electron chi connectivity index (χ3n) is 8.38. The van der Waals surface area contributed by atoms with Crippen molar-refractivity contribution in [2.75, 3.05) is 0 Å². The Balaban J connectivity index is 1.18. The zero-order valence-corrected chi connectivity index (χ0v) is 24.0. The molecule has 0 unspecified atom stereocenters. The lowest BCUT2D eigenvalue weighted by atomic mass is 9.61. The van der Waals surface area contributed by atoms with E-state index in [1.165, 1.54) is 0 Å². The Kier molecular flexibility index (Phi) is 7.20. The van der Waals surface area contributed by atoms with Crippen molar-refractivity contribution in [1.82, 2.24) is 14.9 Å². The fourth-order valence-corrected chi connectivity index (χ4v) is 6.07. The molecule has 0 atom stereocenters. The van der Waals surface area contributed by atoms with Crippen LogP contribution in [-0.2, 0) is 12.0 Å². The predicted octanol–water partition coefficient (Wildman–Crippen LogP) is 7.69. The van der Waals surface area contributed by atoms with Gasteiger partial charge in [0.1, 0.15) is 23.9 Å². The lowest BCUT2D eigenvalue weighted by molar-refractivity contribution is 0.0696. The number of pyridine rings is 1. The Morgan fingerprint density at radius 2 is 1.75 bits per heavy atom. The number of ether oxygens (including phenoxy) is 2. The number of hydrogen-bond acceptors (Lipinski definition) is 5. The topological polar surface area (TPSA) is 85.6 Å². The second-order valence-corrected chi connectivity index (χ2v) is 11.0. The van der Waals surface area contributed by atoms with E-state index in [1.54, 1.807) is 12.3 Å². The Bertz CT molecular complexity index is 1920. The molecule has 2 N–H and O–H groups in total. The van der Waals surface area contributed by atoms with E-state index in [0.717, 1.165) is 52.7 Å². The van der Waals surface area contributed by atoms with Crippen LogP contribution >= 0.6 is 0 Å². The van der Waals surface area contributed by atoms with Crippen molar-refractivity contribution in [2.24, 2.45) is 0 Å². The van der Waals surface area contributed by atoms with Crippen molar-refractivity contribution in [2.45, 2.75) is 31.3 Å². The summed E-state index contributed by atoms with van der Waals surface area (Å²) in [4.78, 5) is 16.8. The number of carboxylic acid groups (broad SMARTS) is 1. The van der Waals surface area contributed by atoms with E-state index in [-0.39, 0.29) is 5.56 Å². The van der Waals surface area contributed by atoms with Gasteiger partial charge in [0.15, 0.2) is 0 Å². The summed E-state index contributed by atoms with van der Waals surface area (Å²) < 4.78 is 14.5. The van der Waals surface area contributed by atoms with Gasteiger partial charge < -0.3 is 24.5 Å². The summed E-state index contributed by atoms with van der Waals surface area (Å²) in [7, 11) is 0. The van der Waals surface area contributed by atoms with E-state index in [9.17, 15) is 9.90 Å². The number of allylic oxidation sites excluding steroid dienone is 4. The van der Waals surface area contributed by atoms with Gasteiger partial charge in [-0.25, -0.2) is 4.79 Å². The largest absolute Gasteiger partial charge is 0.487 e. The van der Waals surface area contributed by atoms with Crippen LogP contribution in [0.15, 0.2) is 139 Å². The summed E-state index contributed by atoms with van der Waals surface area (Å²) >= 11 is 0. The Hall–Kier alpha value is -5.56. The first-order chi connectivity index (χ1) is 21.6. The van der Waals surface area contributed by atoms with E-state index in [2.05, 4.69) is 10.3 Å². The molecule has 0 bridgehead atoms. The zero-order chi connectivity index (χ0) is 29.9. The first kappa shape index (κ1) is 27.3. The molecule has 3 aromatic carbocycles. The van der Waals surface area contributed by atoms with Gasteiger partial charge in [0.25, 0.3) is 0 Å². The quantitative estimate of drug-likeness (QED) is 0.186. The standard InChI is InChI=1S/C37H31N3O4/c41-36(42)30-10-7-11-31(34(30)40-21-5-6-22-40)37(18-8-19-37)35-33(13-3-4-20-38-35)44-28-16-14-26(15-17-28)25-43-29-23-27-9-1-2-12-32(27)39-24-29/h1-7,9-17,20-24,38H,8,18-19,25H2,(H,41,42). The molecule has 44 heavy (non-hydrogen) atoms. The van der Waals surface area contributed by atoms with Crippen LogP contribution in [0.2, 0.25) is 0 Å². The lowest BCUT2D eigenvalue weighted by Gasteiger charge is -2.45. The third-order valence-corrected chi connectivity index (χ3v) is 8.38. The van der Waals surface area contributed by atoms with Gasteiger partial charge >= 0.3 is 5.97 Å². The summed E-state index contributed by atoms with van der Waals surface area (Å²) in [5, 5.41) is 14.7. The number of rotatable bonds is 9. The minimum atomic E-state index is -0.954. The van der Waals surface area contributed by atoms with Crippen molar-refractivity contribution < 1.29 is 19.4 Å². The maximum absolute atomic E-state index is 12.3. The average molecular weight is 582 g/mol. The molecule has 7 rings (SSSR count). The number of aromatic carboxylic acids is 1. The minimum Gasteiger partial charge on any atom is -0.487 e. The molecule has 1 aliphatic heterocycles. The molecule has 7 heteroatoms. The number of carboxylic acids is 1. The summed E-state index contributed by atoms with van der Waals surface area (Å²) in [5.41, 5.74) is 4.33. The van der Waals surface area contributed by atoms with Crippen molar-refractivity contribution in [3.8, 4) is 17.2 Å². The van der Waals surface area contributed by atoms with Crippen molar-refractivity contribution in [1.29, 1.82) is 0 Å². The van der Waals surface area contributed by atoms with Gasteiger partial charge in [0, 0.05) is 29.4 Å². The van der Waals surface area contributed by atoms with Crippen LogP contribution in [0.1, 0.15) is 40.7 Å². The van der Waals surface area contributed by atoms with E-state index < -0.39 is 11.4 Å². The number of hydrogen-bond donors (Lipinski definition) is 2. The maximum atomic E-state index is 12.3. The molecule has 1 aliphatic carbocycles. The second-order valence-electron chi connectivity index (χ2n) is 11.0. The third kappa shape index (κ3) is 5.13. The highest BCUT2D eigenvalue weighted by molar-refractivity contribution is 5.93. The van der Waals surface area contributed by atoms with Crippen LogP contribution in [0.25, 0.3) is 16.6 Å². The minimum absolute atomic E-state index is 0.269. The zero-order valence-electron chi connectivity index (χ0n) is 24.0. The van der Waals surface area contributed by atoms with Crippen LogP contribution in [0, 0.1) is 0 Å². The van der Waals surface area contributed by atoms with Crippen LogP contribution in [0.5, 0.6) is 11.5 Å². The molecule has 2 aliphatic rings. The average Bonchev–Trinajstić information content (AvgIpc) is 3.47. The lowest BCUT2D eigenvalue weighted by Crippen LogP contribution is -2.42. The van der Waals surface area contributed by atoms with Gasteiger partial charge in [-0.3, -0.25) is 4.98 Å². The van der Waals surface area contributed by atoms with Crippen LogP contribution in [0.3, 0.4) is 0 Å². The van der Waals surface area contributed by atoms with Gasteiger partial charge in [0.2, 0.25) is 0 Å². The summed E-state index contributed by atoms with van der Waals surface area (Å²) in [6.45, 7) is 0.408. The summed E-state index contributed by atoms with van der Waals surface area (Å²) in [6.07, 6.45) is 16.0. The van der Waals surface area contributed by atoms with Crippen LogP contribution < -0.4 is 14.8 Å². The molecule has 1 fully saturated rings. The highest BCUT2D eigenvalue weighted by Gasteiger charge is 2.46. The highest BCUT2D eigenvalue weighted by Crippen LogP contribution is 2.52. The van der Waals surface area contributed by atoms with Crippen molar-refractivity contribution in [3.05, 3.63) is 156 Å². The summed E-state index contributed by atoms with van der Waals surface area (Å²) in [6, 6.07) is 27.2. The molecule has 2 aromatic heterocycles. The molecule has 218 valence electrons. The second kappa shape index (κ2) is 11.6. The molecular weight excluding hydrogens is 550 g/mol. The molecule has 0 spiro atoms. The van der Waals surface area contributed by atoms with Gasteiger partial charge in [-0.05, 0) is 78.6 Å². The van der Waals surface area contributed by atoms with Crippen molar-refractivity contribution in [3.63, 3.8) is 0 Å². The Labute approximate surface area is 255 Å². The molecule has 0 saturated heterocycles. The number of carbonyl (C=O) groups is 1. The van der Waals surface area contributed by atoms with Gasteiger partial charge in [-0.15, -0.1) is 0 Å². The number of nitrogens with zero attached hydrogens (tertiary/aromatic N) is 2. The van der Waals surface area contributed by atoms with Crippen molar-refractivity contribution >= 4 is 16.9 Å². The molecule has 5 aromatic rings. The summed E-state index contributed by atoms with van der Waals surface area (Å²) in [5.74, 6) is 1.16. The number of nitrogens with one attached hydrogen (secondary N) is 1. The molecular formula is C37H31N3O4. The van der Waals surface area contributed by atoms with E-state index in [0.29, 0.717) is 23.8 Å². The molecule has 0 radical (unpaired) electrons. The van der Waals surface area contributed by atoms with E-state index >= 15 is 0 Å². The maximum Gasteiger partial charge on any atom is 0.337 e. The smallest absolute Gasteiger partial charge is 0.337 e. The van der Waals surface area contributed by atoms with E-state index in [4.69, 9.17) is 9.47 Å². The molecule has 1 saturated carbocycles. The molecule has 7 nitrogen and oxygen atoms in total. The Morgan fingerprint density at radius 1 is 0.932 bits per heavy atom. The monoisotopic (exact) mass is 581 g/mol. The van der Waals surface area contributed by atoms with Gasteiger partial charge in [-0.1, -0.05) is 55.0 Å². The normalized spacial score (nSPS) is 15.4. The number of fused-ring (bicyclic) bond motifs is 1. The fourth-order valence-electron chi connectivity index (χ4n) is 6.07. The highest BCUT2D eigenvalue weighted by atomic mass is 16.5. The first-order valence-corrected chi connectivity index (χ1v) is 14.7. The number of aromatic nitrogens is 2. The SMILES string of the molecule is O=C(O)c1cccc(C2(C3=C(Oc4ccc(COc5cnc6ccccc6c5)cc4)C=CC=CN3)CCC2)c1-n1cccc1. The predicted molar refractivity (Wildman–Crippen MR) is 170 cm³/mol. The number of benzene rings is 3. The van der Waals surface area contributed by atoms with Crippen LogP contribution in [0.4, 0.5) is 0 Å². The fraction of sp³-hybridized carbons (Fsp3) is 0.135. The molecule has 3 heterocycles. The van der Waals surface area contributed by atoms with Gasteiger partial charge in [-0.2, -0.15) is 0 Å². The number of para-hydroxylation sites is 2. The van der Waals surface area contributed by atoms with E-state index in [1.807, 2.05) is 120 Å².